The second-order valence-corrected chi connectivity index (χ2v) is 19.7. The van der Waals surface area contributed by atoms with Gasteiger partial charge in [0.05, 0.1) is 43.0 Å². The van der Waals surface area contributed by atoms with Crippen LogP contribution in [0, 0.1) is 41.4 Å². The smallest absolute Gasteiger partial charge is 0.329 e. The average molecular weight is 914 g/mol. The Hall–Kier alpha value is -3.37. The zero-order valence-electron chi connectivity index (χ0n) is 40.4. The summed E-state index contributed by atoms with van der Waals surface area (Å²) < 4.78 is 23.8. The van der Waals surface area contributed by atoms with Gasteiger partial charge >= 0.3 is 5.97 Å². The molecule has 2 saturated heterocycles. The van der Waals surface area contributed by atoms with E-state index in [2.05, 4.69) is 0 Å². The van der Waals surface area contributed by atoms with Crippen LogP contribution >= 0.6 is 0 Å². The standard InChI is InChI=1S/C51H79NO13/c1-30-15-11-10-12-16-31(2)43(62-8)27-38-20-18-36(7)51(61,65-38)48(58)49(59)52-22-14-13-17-40(52)50(60)64-44(33(4)25-37-19-21-41(54)45(26-37)63-9)28-42(55)32(3)24-35(6)47(57)39(29-53)46(56)34(5)23-30/h10-12,15-16,24,30,33-41,43-45,47,53-54,57,61H,13-14,17-23,25-29H2,1-9H3/b12-10?,15-11?,31-16?,32-24+. The summed E-state index contributed by atoms with van der Waals surface area (Å²) in [6.45, 7) is 12.0. The van der Waals surface area contributed by atoms with Crippen molar-refractivity contribution in [1.29, 1.82) is 0 Å². The molecular weight excluding hydrogens is 835 g/mol. The summed E-state index contributed by atoms with van der Waals surface area (Å²) in [7, 11) is 3.13. The van der Waals surface area contributed by atoms with Gasteiger partial charge in [-0.3, -0.25) is 19.2 Å². The first kappa shape index (κ1) is 54.2. The predicted molar refractivity (Wildman–Crippen MR) is 245 cm³/mol. The molecule has 65 heavy (non-hydrogen) atoms. The van der Waals surface area contributed by atoms with Gasteiger partial charge in [-0.05, 0) is 107 Å². The highest BCUT2D eigenvalue weighted by molar-refractivity contribution is 6.39. The van der Waals surface area contributed by atoms with Crippen molar-refractivity contribution in [3.63, 3.8) is 0 Å². The van der Waals surface area contributed by atoms with Gasteiger partial charge in [0.1, 0.15) is 17.9 Å². The molecule has 15 unspecified atom stereocenters. The molecule has 3 aliphatic heterocycles. The molecule has 366 valence electrons. The molecule has 15 atom stereocenters. The lowest BCUT2D eigenvalue weighted by molar-refractivity contribution is -0.265. The quantitative estimate of drug-likeness (QED) is 0.185. The van der Waals surface area contributed by atoms with Gasteiger partial charge < -0.3 is 44.3 Å². The molecule has 0 aromatic heterocycles. The monoisotopic (exact) mass is 914 g/mol. The van der Waals surface area contributed by atoms with Crippen LogP contribution in [-0.4, -0.2) is 130 Å². The minimum absolute atomic E-state index is 0.00408. The van der Waals surface area contributed by atoms with Crippen LogP contribution in [-0.2, 0) is 42.9 Å². The number of fused-ring (bicyclic) bond motifs is 3. The highest BCUT2D eigenvalue weighted by Gasteiger charge is 2.53. The lowest BCUT2D eigenvalue weighted by Gasteiger charge is -2.42. The average Bonchev–Trinajstić information content (AvgIpc) is 3.28. The molecular formula is C51H79NO13. The minimum Gasteiger partial charge on any atom is -0.460 e. The fourth-order valence-corrected chi connectivity index (χ4v) is 10.3. The molecule has 4 aliphatic rings. The van der Waals surface area contributed by atoms with Crippen LogP contribution in [0.3, 0.4) is 0 Å². The van der Waals surface area contributed by atoms with Crippen LogP contribution in [0.25, 0.3) is 0 Å². The number of aliphatic hydroxyl groups excluding tert-OH is 3. The Morgan fingerprint density at radius 1 is 0.892 bits per heavy atom. The number of nitrogens with zero attached hydrogens (tertiary/aromatic N) is 1. The second kappa shape index (κ2) is 25.1. The summed E-state index contributed by atoms with van der Waals surface area (Å²) in [5.41, 5.74) is 1.16. The Labute approximate surface area is 386 Å². The topological polar surface area (TPSA) is 206 Å². The molecule has 14 heteroatoms. The number of allylic oxidation sites excluding steroid dienone is 6. The van der Waals surface area contributed by atoms with E-state index in [-0.39, 0.29) is 60.4 Å². The number of carbonyl (C=O) groups is 5. The Kier molecular flexibility index (Phi) is 21.0. The number of piperidine rings is 1. The molecule has 3 fully saturated rings. The van der Waals surface area contributed by atoms with E-state index < -0.39 is 90.3 Å². The van der Waals surface area contributed by atoms with E-state index in [1.165, 1.54) is 4.90 Å². The second-order valence-electron chi connectivity index (χ2n) is 19.7. The Balaban J connectivity index is 1.70. The van der Waals surface area contributed by atoms with Crippen LogP contribution in [0.4, 0.5) is 0 Å². The number of ketones is 3. The lowest BCUT2D eigenvalue weighted by atomic mass is 9.78. The van der Waals surface area contributed by atoms with Gasteiger partial charge in [0.15, 0.2) is 5.78 Å². The Morgan fingerprint density at radius 3 is 2.29 bits per heavy atom. The zero-order chi connectivity index (χ0) is 48.2. The number of rotatable bonds is 6. The number of hydrogen-bond acceptors (Lipinski definition) is 13. The summed E-state index contributed by atoms with van der Waals surface area (Å²) in [6.07, 6.45) is 12.0. The van der Waals surface area contributed by atoms with Gasteiger partial charge in [-0.1, -0.05) is 71.1 Å². The number of amides is 1. The maximum absolute atomic E-state index is 14.3. The van der Waals surface area contributed by atoms with Gasteiger partial charge in [-0.25, -0.2) is 4.79 Å². The van der Waals surface area contributed by atoms with E-state index in [1.807, 2.05) is 51.2 Å². The van der Waals surface area contributed by atoms with Crippen molar-refractivity contribution in [2.75, 3.05) is 27.4 Å². The summed E-state index contributed by atoms with van der Waals surface area (Å²) >= 11 is 0. The fraction of sp³-hybridized carbons (Fsp3) is 0.745. The third-order valence-electron chi connectivity index (χ3n) is 14.6. The van der Waals surface area contributed by atoms with Crippen molar-refractivity contribution in [2.45, 2.75) is 174 Å². The molecule has 0 aromatic carbocycles. The van der Waals surface area contributed by atoms with E-state index in [1.54, 1.807) is 48.0 Å². The van der Waals surface area contributed by atoms with E-state index >= 15 is 0 Å². The minimum atomic E-state index is -2.43. The number of cyclic esters (lactones) is 1. The van der Waals surface area contributed by atoms with Gasteiger partial charge in [0.25, 0.3) is 11.7 Å². The Bertz CT molecular complexity index is 1760. The normalized spacial score (nSPS) is 38.6. The van der Waals surface area contributed by atoms with Crippen molar-refractivity contribution >= 4 is 29.2 Å². The van der Waals surface area contributed by atoms with Crippen LogP contribution < -0.4 is 0 Å². The van der Waals surface area contributed by atoms with Crippen LogP contribution in [0.2, 0.25) is 0 Å². The van der Waals surface area contributed by atoms with Crippen molar-refractivity contribution in [3.05, 3.63) is 47.6 Å². The fourth-order valence-electron chi connectivity index (χ4n) is 10.3. The van der Waals surface area contributed by atoms with Gasteiger partial charge in [-0.2, -0.15) is 0 Å². The number of ether oxygens (including phenoxy) is 4. The van der Waals surface area contributed by atoms with Crippen LogP contribution in [0.1, 0.15) is 126 Å². The molecule has 0 spiro atoms. The van der Waals surface area contributed by atoms with Gasteiger partial charge in [0.2, 0.25) is 5.79 Å². The molecule has 14 nitrogen and oxygen atoms in total. The zero-order valence-corrected chi connectivity index (χ0v) is 40.4. The molecule has 1 amide bonds. The van der Waals surface area contributed by atoms with Crippen molar-refractivity contribution < 1.29 is 63.3 Å². The van der Waals surface area contributed by atoms with Gasteiger partial charge in [-0.15, -0.1) is 0 Å². The van der Waals surface area contributed by atoms with Crippen molar-refractivity contribution in [1.82, 2.24) is 4.90 Å². The summed E-state index contributed by atoms with van der Waals surface area (Å²) in [6, 6.07) is -1.15. The molecule has 4 rings (SSSR count). The highest BCUT2D eigenvalue weighted by atomic mass is 16.6. The van der Waals surface area contributed by atoms with E-state index in [0.29, 0.717) is 64.2 Å². The molecule has 1 aliphatic carbocycles. The van der Waals surface area contributed by atoms with E-state index in [4.69, 9.17) is 18.9 Å². The summed E-state index contributed by atoms with van der Waals surface area (Å²) in [5.74, 6) is -9.21. The number of Topliss-reactive ketones (excluding diaryl/α,β-unsaturated/α-hetero) is 3. The maximum Gasteiger partial charge on any atom is 0.329 e. The maximum atomic E-state index is 14.3. The largest absolute Gasteiger partial charge is 0.460 e. The summed E-state index contributed by atoms with van der Waals surface area (Å²) in [4.78, 5) is 71.7. The first-order valence-corrected chi connectivity index (χ1v) is 24.0. The van der Waals surface area contributed by atoms with E-state index in [0.717, 1.165) is 5.57 Å². The van der Waals surface area contributed by atoms with Crippen molar-refractivity contribution in [2.24, 2.45) is 41.4 Å². The lowest BCUT2D eigenvalue weighted by Crippen LogP contribution is -2.61. The molecule has 2 bridgehead atoms. The Morgan fingerprint density at radius 2 is 1.62 bits per heavy atom. The third kappa shape index (κ3) is 14.3. The molecule has 0 radical (unpaired) electrons. The number of aliphatic hydroxyl groups is 4. The number of carbonyl (C=O) groups excluding carboxylic acids is 5. The number of esters is 1. The predicted octanol–water partition coefficient (Wildman–Crippen LogP) is 5.77. The highest BCUT2D eigenvalue weighted by Crippen LogP contribution is 2.38. The molecule has 0 aromatic rings. The van der Waals surface area contributed by atoms with Gasteiger partial charge in [0, 0.05) is 51.4 Å². The number of hydrogen-bond donors (Lipinski definition) is 4. The van der Waals surface area contributed by atoms with Crippen LogP contribution in [0.5, 0.6) is 0 Å². The van der Waals surface area contributed by atoms with Crippen molar-refractivity contribution in [3.8, 4) is 0 Å². The molecule has 4 N–H and O–H groups in total. The van der Waals surface area contributed by atoms with Crippen LogP contribution in [0.15, 0.2) is 47.6 Å². The number of methoxy groups -OCH3 is 2. The summed E-state index contributed by atoms with van der Waals surface area (Å²) in [5, 5.41) is 44.2. The third-order valence-corrected chi connectivity index (χ3v) is 14.6. The first-order valence-electron chi connectivity index (χ1n) is 24.0. The molecule has 3 heterocycles. The SMILES string of the molecule is COC1CC2CCC(C)C(O)(O2)C(=O)C(=O)N2CCCCC2C(=O)OC(C(C)CC2CCC(O)C(OC)C2)CC(=O)/C(C)=C/C(C)C(O)C(CO)C(=O)C(C)CC(C)C=CC=CC=C1C. The molecule has 1 saturated carbocycles. The first-order chi connectivity index (χ1) is 30.7. The van der Waals surface area contributed by atoms with E-state index in [9.17, 15) is 44.4 Å².